The van der Waals surface area contributed by atoms with Gasteiger partial charge in [-0.25, -0.2) is 4.98 Å². The minimum absolute atomic E-state index is 0.331. The molecule has 0 radical (unpaired) electrons. The summed E-state index contributed by atoms with van der Waals surface area (Å²) >= 11 is 2.57. The van der Waals surface area contributed by atoms with Crippen LogP contribution in [-0.2, 0) is 6.42 Å². The first-order valence-corrected chi connectivity index (χ1v) is 11.3. The van der Waals surface area contributed by atoms with Gasteiger partial charge in [-0.2, -0.15) is 0 Å². The number of carbonyl (C=O) groups excluding carboxylic acids is 1. The molecule has 0 bridgehead atoms. The van der Waals surface area contributed by atoms with Gasteiger partial charge in [-0.1, -0.05) is 48.1 Å². The van der Waals surface area contributed by atoms with E-state index in [-0.39, 0.29) is 5.91 Å². The van der Waals surface area contributed by atoms with Crippen molar-refractivity contribution in [2.75, 3.05) is 11.1 Å². The summed E-state index contributed by atoms with van der Waals surface area (Å²) in [6.07, 6.45) is 2.99. The van der Waals surface area contributed by atoms with Crippen molar-refractivity contribution in [1.82, 2.24) is 15.2 Å². The molecule has 1 amide bonds. The first-order chi connectivity index (χ1) is 14.6. The van der Waals surface area contributed by atoms with Gasteiger partial charge in [-0.15, -0.1) is 21.5 Å². The van der Waals surface area contributed by atoms with E-state index < -0.39 is 6.10 Å². The van der Waals surface area contributed by atoms with Gasteiger partial charge in [0.25, 0.3) is 5.91 Å². The number of aryl methyl sites for hydroxylation is 1. The maximum Gasteiger partial charge on any atom is 0.269 e. The zero-order chi connectivity index (χ0) is 20.7. The molecule has 30 heavy (non-hydrogen) atoms. The summed E-state index contributed by atoms with van der Waals surface area (Å²) in [7, 11) is 0. The molecule has 1 aliphatic rings. The number of rotatable bonds is 3. The standard InChI is InChI=1S/C21H19N5O2S2/c22-16-13-10-12-14(8-4-5-9-15(12)27)23-20(13)29-17(16)18(28)24-21-26-25-19(30-21)11-6-2-1-3-7-11/h1-3,6-7,10,15,27H,4-5,8-9,22H2,(H,24,26,28). The van der Waals surface area contributed by atoms with E-state index >= 15 is 0 Å². The average molecular weight is 438 g/mol. The second-order valence-corrected chi connectivity index (χ2v) is 9.19. The maximum atomic E-state index is 12.9. The molecule has 1 atom stereocenters. The first kappa shape index (κ1) is 19.1. The number of thiophene rings is 1. The number of aliphatic hydroxyl groups excluding tert-OH is 1. The fraction of sp³-hybridized carbons (Fsp3) is 0.238. The Morgan fingerprint density at radius 3 is 2.83 bits per heavy atom. The molecule has 1 aliphatic carbocycles. The van der Waals surface area contributed by atoms with Crippen LogP contribution in [0.4, 0.5) is 10.8 Å². The third-order valence-electron chi connectivity index (χ3n) is 5.21. The van der Waals surface area contributed by atoms with Gasteiger partial charge in [-0.05, 0) is 25.3 Å². The van der Waals surface area contributed by atoms with Crippen molar-refractivity contribution in [3.8, 4) is 10.6 Å². The van der Waals surface area contributed by atoms with Crippen LogP contribution in [0.15, 0.2) is 36.4 Å². The summed E-state index contributed by atoms with van der Waals surface area (Å²) < 4.78 is 0. The van der Waals surface area contributed by atoms with Crippen molar-refractivity contribution in [2.24, 2.45) is 0 Å². The smallest absolute Gasteiger partial charge is 0.269 e. The molecule has 0 saturated carbocycles. The number of nitrogen functional groups attached to an aromatic ring is 1. The molecule has 7 nitrogen and oxygen atoms in total. The number of carbonyl (C=O) groups is 1. The van der Waals surface area contributed by atoms with Crippen LogP contribution in [0.3, 0.4) is 0 Å². The lowest BCUT2D eigenvalue weighted by molar-refractivity contribution is 0.103. The highest BCUT2D eigenvalue weighted by atomic mass is 32.1. The molecule has 4 N–H and O–H groups in total. The minimum Gasteiger partial charge on any atom is -0.397 e. The molecule has 0 fully saturated rings. The molecular weight excluding hydrogens is 418 g/mol. The van der Waals surface area contributed by atoms with Crippen molar-refractivity contribution < 1.29 is 9.90 Å². The lowest BCUT2D eigenvalue weighted by Gasteiger charge is -2.10. The second-order valence-electron chi connectivity index (χ2n) is 7.22. The SMILES string of the molecule is Nc1c(C(=O)Nc2nnc(-c3ccccc3)s2)sc2nc3c(cc12)C(O)CCCC3. The van der Waals surface area contributed by atoms with Crippen molar-refractivity contribution >= 4 is 49.6 Å². The van der Waals surface area contributed by atoms with E-state index in [1.807, 2.05) is 36.4 Å². The fourth-order valence-corrected chi connectivity index (χ4v) is 5.40. The van der Waals surface area contributed by atoms with E-state index in [0.29, 0.717) is 25.9 Å². The second kappa shape index (κ2) is 7.75. The number of aliphatic hydroxyl groups is 1. The molecule has 152 valence electrons. The van der Waals surface area contributed by atoms with Crippen molar-refractivity contribution in [3.63, 3.8) is 0 Å². The predicted octanol–water partition coefficient (Wildman–Crippen LogP) is 4.41. The maximum absolute atomic E-state index is 12.9. The molecule has 0 spiro atoms. The number of nitrogens with zero attached hydrogens (tertiary/aromatic N) is 3. The van der Waals surface area contributed by atoms with Crippen LogP contribution in [0.25, 0.3) is 20.8 Å². The normalized spacial score (nSPS) is 16.2. The Morgan fingerprint density at radius 1 is 1.17 bits per heavy atom. The Kier molecular flexibility index (Phi) is 4.93. The van der Waals surface area contributed by atoms with E-state index in [2.05, 4.69) is 15.5 Å². The summed E-state index contributed by atoms with van der Waals surface area (Å²) in [5, 5.41) is 23.3. The monoisotopic (exact) mass is 437 g/mol. The molecule has 1 aromatic carbocycles. The van der Waals surface area contributed by atoms with E-state index in [1.165, 1.54) is 22.7 Å². The molecule has 0 aliphatic heterocycles. The zero-order valence-corrected chi connectivity index (χ0v) is 17.6. The van der Waals surface area contributed by atoms with Crippen LogP contribution in [0.2, 0.25) is 0 Å². The highest BCUT2D eigenvalue weighted by Gasteiger charge is 2.23. The number of anilines is 2. The quantitative estimate of drug-likeness (QED) is 0.409. The number of hydrogen-bond acceptors (Lipinski definition) is 8. The summed E-state index contributed by atoms with van der Waals surface area (Å²) in [6.45, 7) is 0. The molecule has 1 unspecified atom stereocenters. The molecule has 3 aromatic heterocycles. The summed E-state index contributed by atoms with van der Waals surface area (Å²) in [6, 6.07) is 11.6. The van der Waals surface area contributed by atoms with Crippen LogP contribution < -0.4 is 11.1 Å². The van der Waals surface area contributed by atoms with Crippen molar-refractivity contribution in [3.05, 3.63) is 52.5 Å². The van der Waals surface area contributed by atoms with Gasteiger partial charge in [0, 0.05) is 22.2 Å². The number of pyridine rings is 1. The van der Waals surface area contributed by atoms with Gasteiger partial charge >= 0.3 is 0 Å². The van der Waals surface area contributed by atoms with E-state index in [0.717, 1.165) is 47.5 Å². The molecule has 9 heteroatoms. The summed E-state index contributed by atoms with van der Waals surface area (Å²) in [4.78, 5) is 18.7. The number of fused-ring (bicyclic) bond motifs is 2. The van der Waals surface area contributed by atoms with Crippen molar-refractivity contribution in [1.29, 1.82) is 0 Å². The Hall–Kier alpha value is -2.88. The van der Waals surface area contributed by atoms with Crippen LogP contribution in [0.5, 0.6) is 0 Å². The Labute approximate surface area is 180 Å². The first-order valence-electron chi connectivity index (χ1n) is 9.70. The number of benzene rings is 1. The third-order valence-corrected chi connectivity index (χ3v) is 7.21. The van der Waals surface area contributed by atoms with Gasteiger partial charge in [0.05, 0.1) is 11.8 Å². The van der Waals surface area contributed by atoms with Crippen LogP contribution >= 0.6 is 22.7 Å². The van der Waals surface area contributed by atoms with Gasteiger partial charge in [0.2, 0.25) is 5.13 Å². The van der Waals surface area contributed by atoms with Crippen LogP contribution in [0.1, 0.15) is 46.3 Å². The average Bonchev–Trinajstić information content (AvgIpc) is 3.30. The lowest BCUT2D eigenvalue weighted by Crippen LogP contribution is -2.11. The number of hydrogen-bond donors (Lipinski definition) is 3. The number of amides is 1. The Morgan fingerprint density at radius 2 is 2.00 bits per heavy atom. The van der Waals surface area contributed by atoms with Crippen molar-refractivity contribution in [2.45, 2.75) is 31.8 Å². The number of nitrogens with one attached hydrogen (secondary N) is 1. The van der Waals surface area contributed by atoms with Crippen LogP contribution in [0, 0.1) is 0 Å². The Balaban J connectivity index is 1.44. The molecule has 4 aromatic rings. The van der Waals surface area contributed by atoms with Gasteiger partial charge in [0.1, 0.15) is 14.7 Å². The van der Waals surface area contributed by atoms with E-state index in [1.54, 1.807) is 0 Å². The fourth-order valence-electron chi connectivity index (χ4n) is 3.66. The minimum atomic E-state index is -0.534. The van der Waals surface area contributed by atoms with Gasteiger partial charge in [-0.3, -0.25) is 10.1 Å². The topological polar surface area (TPSA) is 114 Å². The highest BCUT2D eigenvalue weighted by Crippen LogP contribution is 2.38. The van der Waals surface area contributed by atoms with E-state index in [9.17, 15) is 9.90 Å². The lowest BCUT2D eigenvalue weighted by atomic mass is 10.0. The summed E-state index contributed by atoms with van der Waals surface area (Å²) in [5.41, 5.74) is 9.36. The summed E-state index contributed by atoms with van der Waals surface area (Å²) in [5.74, 6) is -0.331. The number of aromatic nitrogens is 3. The Bertz CT molecular complexity index is 1240. The molecule has 0 saturated heterocycles. The molecule has 3 heterocycles. The number of nitrogens with two attached hydrogens (primary N) is 1. The molecular formula is C21H19N5O2S2. The molecule has 5 rings (SSSR count). The van der Waals surface area contributed by atoms with Crippen LogP contribution in [-0.4, -0.2) is 26.2 Å². The zero-order valence-electron chi connectivity index (χ0n) is 16.0. The highest BCUT2D eigenvalue weighted by molar-refractivity contribution is 7.21. The largest absolute Gasteiger partial charge is 0.397 e. The predicted molar refractivity (Wildman–Crippen MR) is 120 cm³/mol. The third kappa shape index (κ3) is 3.45. The van der Waals surface area contributed by atoms with E-state index in [4.69, 9.17) is 10.7 Å². The van der Waals surface area contributed by atoms with Gasteiger partial charge in [0.15, 0.2) is 0 Å². The van der Waals surface area contributed by atoms with Gasteiger partial charge < -0.3 is 10.8 Å².